The van der Waals surface area contributed by atoms with Gasteiger partial charge in [-0.1, -0.05) is 17.7 Å². The van der Waals surface area contributed by atoms with Gasteiger partial charge in [0.2, 0.25) is 0 Å². The standard InChI is InChI=1S/C14H16BrNO2/c15-11-6-3-7-12(13(11)14(17)18)16-9-8-10-4-1-2-5-10/h3-4,6-7,16H,1-2,5,8-9H2,(H,17,18). The number of carbonyl (C=O) groups is 1. The molecule has 3 nitrogen and oxygen atoms in total. The van der Waals surface area contributed by atoms with E-state index in [1.54, 1.807) is 12.1 Å². The minimum atomic E-state index is -0.912. The number of carboxylic acids is 1. The Labute approximate surface area is 115 Å². The van der Waals surface area contributed by atoms with Gasteiger partial charge in [0.25, 0.3) is 0 Å². The molecule has 1 aliphatic rings. The molecule has 0 saturated carbocycles. The third kappa shape index (κ3) is 3.13. The Balaban J connectivity index is 2.00. The molecular weight excluding hydrogens is 294 g/mol. The Bertz CT molecular complexity index is 483. The van der Waals surface area contributed by atoms with Crippen LogP contribution in [-0.4, -0.2) is 17.6 Å². The molecule has 0 aromatic heterocycles. The Morgan fingerprint density at radius 2 is 2.28 bits per heavy atom. The smallest absolute Gasteiger partial charge is 0.338 e. The molecule has 2 N–H and O–H groups in total. The van der Waals surface area contributed by atoms with Crippen LogP contribution >= 0.6 is 15.9 Å². The lowest BCUT2D eigenvalue weighted by Gasteiger charge is -2.11. The summed E-state index contributed by atoms with van der Waals surface area (Å²) >= 11 is 3.27. The predicted octanol–water partition coefficient (Wildman–Crippen LogP) is 4.06. The molecule has 0 heterocycles. The third-order valence-electron chi connectivity index (χ3n) is 3.12. The summed E-state index contributed by atoms with van der Waals surface area (Å²) in [4.78, 5) is 11.2. The van der Waals surface area contributed by atoms with Crippen LogP contribution in [0.25, 0.3) is 0 Å². The largest absolute Gasteiger partial charge is 0.478 e. The maximum absolute atomic E-state index is 11.2. The zero-order chi connectivity index (χ0) is 13.0. The van der Waals surface area contributed by atoms with Crippen LogP contribution in [0, 0.1) is 0 Å². The molecule has 2 rings (SSSR count). The molecule has 1 aliphatic carbocycles. The van der Waals surface area contributed by atoms with Crippen molar-refractivity contribution in [2.45, 2.75) is 25.7 Å². The fourth-order valence-corrected chi connectivity index (χ4v) is 2.75. The van der Waals surface area contributed by atoms with E-state index >= 15 is 0 Å². The molecule has 0 radical (unpaired) electrons. The summed E-state index contributed by atoms with van der Waals surface area (Å²) in [5.74, 6) is -0.912. The zero-order valence-corrected chi connectivity index (χ0v) is 11.7. The van der Waals surface area contributed by atoms with Gasteiger partial charge < -0.3 is 10.4 Å². The number of halogens is 1. The van der Waals surface area contributed by atoms with Gasteiger partial charge in [-0.2, -0.15) is 0 Å². The number of rotatable bonds is 5. The second-order valence-corrected chi connectivity index (χ2v) is 5.25. The molecule has 1 aromatic rings. The quantitative estimate of drug-likeness (QED) is 0.806. The van der Waals surface area contributed by atoms with E-state index in [1.165, 1.54) is 24.8 Å². The number of carboxylic acid groups (broad SMARTS) is 1. The van der Waals surface area contributed by atoms with Crippen LogP contribution in [0.15, 0.2) is 34.3 Å². The summed E-state index contributed by atoms with van der Waals surface area (Å²) in [6.07, 6.45) is 6.91. The number of benzene rings is 1. The van der Waals surface area contributed by atoms with Gasteiger partial charge >= 0.3 is 5.97 Å². The molecular formula is C14H16BrNO2. The van der Waals surface area contributed by atoms with E-state index in [0.29, 0.717) is 15.7 Å². The summed E-state index contributed by atoms with van der Waals surface area (Å²) < 4.78 is 0.611. The lowest BCUT2D eigenvalue weighted by Crippen LogP contribution is -2.08. The average molecular weight is 310 g/mol. The molecule has 0 fully saturated rings. The molecule has 0 unspecified atom stereocenters. The SMILES string of the molecule is O=C(O)c1c(Br)cccc1NCCC1=CCCC1. The van der Waals surface area contributed by atoms with E-state index in [9.17, 15) is 9.90 Å². The van der Waals surface area contributed by atoms with Crippen LogP contribution in [0.1, 0.15) is 36.0 Å². The molecule has 0 aliphatic heterocycles. The van der Waals surface area contributed by atoms with Crippen molar-refractivity contribution < 1.29 is 9.90 Å². The van der Waals surface area contributed by atoms with E-state index in [-0.39, 0.29) is 0 Å². The first-order valence-corrected chi connectivity index (χ1v) is 6.91. The first-order chi connectivity index (χ1) is 8.68. The van der Waals surface area contributed by atoms with E-state index in [4.69, 9.17) is 0 Å². The van der Waals surface area contributed by atoms with Crippen molar-refractivity contribution in [1.29, 1.82) is 0 Å². The molecule has 0 amide bonds. The molecule has 18 heavy (non-hydrogen) atoms. The normalized spacial score (nSPS) is 14.4. The molecule has 0 saturated heterocycles. The van der Waals surface area contributed by atoms with Crippen molar-refractivity contribution in [1.82, 2.24) is 0 Å². The average Bonchev–Trinajstić information content (AvgIpc) is 2.81. The summed E-state index contributed by atoms with van der Waals surface area (Å²) in [5.41, 5.74) is 2.46. The molecule has 0 spiro atoms. The highest BCUT2D eigenvalue weighted by molar-refractivity contribution is 9.10. The maximum Gasteiger partial charge on any atom is 0.338 e. The zero-order valence-electron chi connectivity index (χ0n) is 10.1. The second kappa shape index (κ2) is 6.05. The van der Waals surface area contributed by atoms with Gasteiger partial charge in [0.15, 0.2) is 0 Å². The van der Waals surface area contributed by atoms with Crippen molar-refractivity contribution in [3.63, 3.8) is 0 Å². The van der Waals surface area contributed by atoms with Gasteiger partial charge in [0.05, 0.1) is 5.56 Å². The number of hydrogen-bond acceptors (Lipinski definition) is 2. The lowest BCUT2D eigenvalue weighted by molar-refractivity contribution is 0.0697. The number of aromatic carboxylic acids is 1. The number of nitrogens with one attached hydrogen (secondary N) is 1. The van der Waals surface area contributed by atoms with Gasteiger partial charge in [-0.25, -0.2) is 4.79 Å². The summed E-state index contributed by atoms with van der Waals surface area (Å²) in [5, 5.41) is 12.4. The highest BCUT2D eigenvalue weighted by Crippen LogP contribution is 2.25. The van der Waals surface area contributed by atoms with Gasteiger partial charge in [-0.05, 0) is 53.7 Å². The van der Waals surface area contributed by atoms with Gasteiger partial charge in [0, 0.05) is 16.7 Å². The van der Waals surface area contributed by atoms with Crippen LogP contribution in [0.4, 0.5) is 5.69 Å². The number of hydrogen-bond donors (Lipinski definition) is 2. The highest BCUT2D eigenvalue weighted by Gasteiger charge is 2.13. The van der Waals surface area contributed by atoms with Crippen molar-refractivity contribution in [2.24, 2.45) is 0 Å². The second-order valence-electron chi connectivity index (χ2n) is 4.40. The molecule has 0 bridgehead atoms. The minimum absolute atomic E-state index is 0.304. The van der Waals surface area contributed by atoms with E-state index < -0.39 is 5.97 Å². The van der Waals surface area contributed by atoms with Gasteiger partial charge in [-0.15, -0.1) is 0 Å². The fraction of sp³-hybridized carbons (Fsp3) is 0.357. The van der Waals surface area contributed by atoms with Crippen LogP contribution in [0.3, 0.4) is 0 Å². The van der Waals surface area contributed by atoms with Gasteiger partial charge in [0.1, 0.15) is 0 Å². The molecule has 96 valence electrons. The molecule has 4 heteroatoms. The Kier molecular flexibility index (Phi) is 4.42. The summed E-state index contributed by atoms with van der Waals surface area (Å²) in [6.45, 7) is 0.780. The predicted molar refractivity (Wildman–Crippen MR) is 76.1 cm³/mol. The highest BCUT2D eigenvalue weighted by atomic mass is 79.9. The monoisotopic (exact) mass is 309 g/mol. The van der Waals surface area contributed by atoms with Crippen LogP contribution < -0.4 is 5.32 Å². The van der Waals surface area contributed by atoms with Crippen molar-refractivity contribution in [2.75, 3.05) is 11.9 Å². The Morgan fingerprint density at radius 3 is 2.94 bits per heavy atom. The maximum atomic E-state index is 11.2. The van der Waals surface area contributed by atoms with Crippen LogP contribution in [-0.2, 0) is 0 Å². The fourth-order valence-electron chi connectivity index (χ4n) is 2.21. The van der Waals surface area contributed by atoms with Crippen LogP contribution in [0.5, 0.6) is 0 Å². The third-order valence-corrected chi connectivity index (χ3v) is 3.78. The lowest BCUT2D eigenvalue weighted by atomic mass is 10.1. The van der Waals surface area contributed by atoms with E-state index in [0.717, 1.165) is 13.0 Å². The minimum Gasteiger partial charge on any atom is -0.478 e. The summed E-state index contributed by atoms with van der Waals surface area (Å²) in [7, 11) is 0. The molecule has 1 aromatic carbocycles. The van der Waals surface area contributed by atoms with E-state index in [2.05, 4.69) is 27.3 Å². The van der Waals surface area contributed by atoms with Gasteiger partial charge in [-0.3, -0.25) is 0 Å². The first kappa shape index (κ1) is 13.1. The first-order valence-electron chi connectivity index (χ1n) is 6.12. The van der Waals surface area contributed by atoms with Crippen LogP contribution in [0.2, 0.25) is 0 Å². The Hall–Kier alpha value is -1.29. The van der Waals surface area contributed by atoms with Crippen molar-refractivity contribution in [3.8, 4) is 0 Å². The topological polar surface area (TPSA) is 49.3 Å². The number of allylic oxidation sites excluding steroid dienone is 1. The van der Waals surface area contributed by atoms with Crippen molar-refractivity contribution in [3.05, 3.63) is 39.9 Å². The van der Waals surface area contributed by atoms with E-state index in [1.807, 2.05) is 6.07 Å². The number of anilines is 1. The Morgan fingerprint density at radius 1 is 1.44 bits per heavy atom. The van der Waals surface area contributed by atoms with Crippen molar-refractivity contribution >= 4 is 27.6 Å². The summed E-state index contributed by atoms with van der Waals surface area (Å²) in [6, 6.07) is 5.39. The molecule has 0 atom stereocenters.